The maximum atomic E-state index is 6.24. The summed E-state index contributed by atoms with van der Waals surface area (Å²) in [5.41, 5.74) is 8.29. The lowest BCUT2D eigenvalue weighted by Crippen LogP contribution is -1.99. The van der Waals surface area contributed by atoms with Crippen LogP contribution in [0.25, 0.3) is 60.5 Å². The largest absolute Gasteiger partial charge is 0.309 e. The molecule has 2 heteroatoms. The highest BCUT2D eigenvalue weighted by Gasteiger charge is 2.19. The number of fused-ring (bicyclic) bond motifs is 5. The first-order valence-corrected chi connectivity index (χ1v) is 12.5. The topological polar surface area (TPSA) is 4.93 Å². The number of aromatic nitrogens is 1. The van der Waals surface area contributed by atoms with Crippen molar-refractivity contribution in [3.8, 4) is 27.9 Å². The van der Waals surface area contributed by atoms with Gasteiger partial charge in [-0.1, -0.05) is 115 Å². The van der Waals surface area contributed by atoms with Gasteiger partial charge in [0.25, 0.3) is 0 Å². The average Bonchev–Trinajstić information content (AvgIpc) is 3.28. The summed E-state index contributed by atoms with van der Waals surface area (Å²) in [6.45, 7) is 0. The highest BCUT2D eigenvalue weighted by Crippen LogP contribution is 2.42. The van der Waals surface area contributed by atoms with Crippen molar-refractivity contribution in [2.24, 2.45) is 0 Å². The van der Waals surface area contributed by atoms with E-state index in [1.54, 1.807) is 0 Å². The molecule has 0 radical (unpaired) electrons. The van der Waals surface area contributed by atoms with Crippen molar-refractivity contribution >= 4 is 44.2 Å². The summed E-state index contributed by atoms with van der Waals surface area (Å²) in [5, 5.41) is 5.83. The van der Waals surface area contributed by atoms with Crippen molar-refractivity contribution in [3.63, 3.8) is 0 Å². The molecule has 0 fully saturated rings. The SMILES string of the molecule is Clc1ccc(-c2cccc(-n3c4ccccc4c4c5ccccc5ccc43)c2-c2ccccc2)cc1. The van der Waals surface area contributed by atoms with Crippen LogP contribution in [-0.2, 0) is 0 Å². The maximum Gasteiger partial charge on any atom is 0.0547 e. The van der Waals surface area contributed by atoms with Gasteiger partial charge in [0.1, 0.15) is 0 Å². The van der Waals surface area contributed by atoms with Crippen LogP contribution in [0.1, 0.15) is 0 Å². The molecule has 0 bridgehead atoms. The van der Waals surface area contributed by atoms with Gasteiger partial charge in [0.2, 0.25) is 0 Å². The van der Waals surface area contributed by atoms with Gasteiger partial charge in [-0.3, -0.25) is 0 Å². The summed E-state index contributed by atoms with van der Waals surface area (Å²) in [6, 6.07) is 47.3. The third-order valence-corrected chi connectivity index (χ3v) is 7.32. The van der Waals surface area contributed by atoms with Crippen LogP contribution in [-0.4, -0.2) is 4.57 Å². The standard InChI is InChI=1S/C34H22ClN/c35-26-20-17-24(18-21-26)27-14-8-16-31(33(27)25-10-2-1-3-11-25)36-30-15-7-6-13-29(30)34-28-12-5-4-9-23(28)19-22-32(34)36/h1-22H. The molecule has 0 N–H and O–H groups in total. The fraction of sp³-hybridized carbons (Fsp3) is 0. The van der Waals surface area contributed by atoms with Crippen LogP contribution in [0.3, 0.4) is 0 Å². The molecule has 0 aliphatic carbocycles. The Morgan fingerprint density at radius 2 is 1.19 bits per heavy atom. The Hall–Kier alpha value is -4.33. The molecule has 0 aliphatic heterocycles. The number of halogens is 1. The fourth-order valence-electron chi connectivity index (χ4n) is 5.50. The highest BCUT2D eigenvalue weighted by molar-refractivity contribution is 6.30. The Kier molecular flexibility index (Phi) is 4.90. The van der Waals surface area contributed by atoms with Gasteiger partial charge < -0.3 is 4.57 Å². The number of rotatable bonds is 3. The first kappa shape index (κ1) is 21.0. The number of nitrogens with zero attached hydrogens (tertiary/aromatic N) is 1. The minimum atomic E-state index is 0.741. The van der Waals surface area contributed by atoms with Crippen LogP contribution < -0.4 is 0 Å². The summed E-state index contributed by atoms with van der Waals surface area (Å²) in [5.74, 6) is 0. The Bertz CT molecular complexity index is 1880. The molecule has 0 unspecified atom stereocenters. The second kappa shape index (κ2) is 8.41. The van der Waals surface area contributed by atoms with Gasteiger partial charge in [-0.25, -0.2) is 0 Å². The second-order valence-corrected chi connectivity index (χ2v) is 9.54. The molecule has 7 aromatic rings. The lowest BCUT2D eigenvalue weighted by Gasteiger charge is -2.18. The van der Waals surface area contributed by atoms with Gasteiger partial charge in [0.15, 0.2) is 0 Å². The molecule has 0 spiro atoms. The molecular weight excluding hydrogens is 458 g/mol. The third kappa shape index (κ3) is 3.25. The Labute approximate surface area is 214 Å². The molecule has 170 valence electrons. The normalized spacial score (nSPS) is 11.5. The zero-order valence-electron chi connectivity index (χ0n) is 19.5. The summed E-state index contributed by atoms with van der Waals surface area (Å²) in [7, 11) is 0. The van der Waals surface area contributed by atoms with Crippen molar-refractivity contribution < 1.29 is 0 Å². The van der Waals surface area contributed by atoms with E-state index < -0.39 is 0 Å². The number of hydrogen-bond acceptors (Lipinski definition) is 0. The maximum absolute atomic E-state index is 6.24. The molecule has 0 atom stereocenters. The number of para-hydroxylation sites is 1. The van der Waals surface area contributed by atoms with Crippen LogP contribution >= 0.6 is 11.6 Å². The molecular formula is C34H22ClN. The fourth-order valence-corrected chi connectivity index (χ4v) is 5.63. The van der Waals surface area contributed by atoms with E-state index in [1.807, 2.05) is 12.1 Å². The molecule has 0 amide bonds. The highest BCUT2D eigenvalue weighted by atomic mass is 35.5. The van der Waals surface area contributed by atoms with Gasteiger partial charge in [-0.2, -0.15) is 0 Å². The van der Waals surface area contributed by atoms with Crippen molar-refractivity contribution in [2.75, 3.05) is 0 Å². The minimum Gasteiger partial charge on any atom is -0.309 e. The third-order valence-electron chi connectivity index (χ3n) is 7.06. The minimum absolute atomic E-state index is 0.741. The van der Waals surface area contributed by atoms with E-state index in [1.165, 1.54) is 49.3 Å². The van der Waals surface area contributed by atoms with Gasteiger partial charge in [-0.15, -0.1) is 0 Å². The van der Waals surface area contributed by atoms with Crippen molar-refractivity contribution in [1.29, 1.82) is 0 Å². The van der Waals surface area contributed by atoms with Gasteiger partial charge in [0.05, 0.1) is 16.7 Å². The van der Waals surface area contributed by atoms with Crippen molar-refractivity contribution in [1.82, 2.24) is 4.57 Å². The molecule has 7 rings (SSSR count). The summed E-state index contributed by atoms with van der Waals surface area (Å²) < 4.78 is 2.43. The molecule has 1 nitrogen and oxygen atoms in total. The average molecular weight is 480 g/mol. The Morgan fingerprint density at radius 1 is 0.472 bits per heavy atom. The second-order valence-electron chi connectivity index (χ2n) is 9.11. The lowest BCUT2D eigenvalue weighted by molar-refractivity contribution is 1.18. The summed E-state index contributed by atoms with van der Waals surface area (Å²) in [4.78, 5) is 0. The smallest absolute Gasteiger partial charge is 0.0547 e. The van der Waals surface area contributed by atoms with E-state index in [4.69, 9.17) is 11.6 Å². The molecule has 0 saturated carbocycles. The Morgan fingerprint density at radius 3 is 2.03 bits per heavy atom. The predicted octanol–water partition coefficient (Wildman–Crippen LogP) is 9.92. The van der Waals surface area contributed by atoms with Gasteiger partial charge >= 0.3 is 0 Å². The molecule has 36 heavy (non-hydrogen) atoms. The van der Waals surface area contributed by atoms with Crippen LogP contribution in [0.5, 0.6) is 0 Å². The van der Waals surface area contributed by atoms with E-state index in [9.17, 15) is 0 Å². The molecule has 0 saturated heterocycles. The predicted molar refractivity (Wildman–Crippen MR) is 154 cm³/mol. The molecule has 0 aliphatic rings. The quantitative estimate of drug-likeness (QED) is 0.237. The summed E-state index contributed by atoms with van der Waals surface area (Å²) >= 11 is 6.24. The van der Waals surface area contributed by atoms with E-state index in [0.29, 0.717) is 0 Å². The van der Waals surface area contributed by atoms with Gasteiger partial charge in [-0.05, 0) is 57.8 Å². The van der Waals surface area contributed by atoms with E-state index in [0.717, 1.165) is 16.3 Å². The van der Waals surface area contributed by atoms with Crippen molar-refractivity contribution in [3.05, 3.63) is 138 Å². The molecule has 1 heterocycles. The summed E-state index contributed by atoms with van der Waals surface area (Å²) in [6.07, 6.45) is 0. The van der Waals surface area contributed by atoms with Crippen LogP contribution in [0.15, 0.2) is 133 Å². The van der Waals surface area contributed by atoms with E-state index >= 15 is 0 Å². The van der Waals surface area contributed by atoms with Crippen LogP contribution in [0.2, 0.25) is 5.02 Å². The number of hydrogen-bond donors (Lipinski definition) is 0. The monoisotopic (exact) mass is 479 g/mol. The first-order chi connectivity index (χ1) is 17.8. The van der Waals surface area contributed by atoms with Crippen LogP contribution in [0, 0.1) is 0 Å². The number of benzene rings is 6. The van der Waals surface area contributed by atoms with Gasteiger partial charge in [0, 0.05) is 21.4 Å². The zero-order chi connectivity index (χ0) is 24.1. The Balaban J connectivity index is 1.64. The van der Waals surface area contributed by atoms with E-state index in [-0.39, 0.29) is 0 Å². The molecule has 1 aromatic heterocycles. The van der Waals surface area contributed by atoms with Crippen molar-refractivity contribution in [2.45, 2.75) is 0 Å². The van der Waals surface area contributed by atoms with E-state index in [2.05, 4.69) is 126 Å². The molecule has 6 aromatic carbocycles. The van der Waals surface area contributed by atoms with Crippen LogP contribution in [0.4, 0.5) is 0 Å². The lowest BCUT2D eigenvalue weighted by atomic mass is 9.92. The zero-order valence-corrected chi connectivity index (χ0v) is 20.3. The first-order valence-electron chi connectivity index (χ1n) is 12.2.